The van der Waals surface area contributed by atoms with Crippen molar-refractivity contribution in [2.75, 3.05) is 18.9 Å². The number of hydrogen-bond donors (Lipinski definition) is 2. The van der Waals surface area contributed by atoms with Gasteiger partial charge in [0.15, 0.2) is 0 Å². The second-order valence-electron chi connectivity index (χ2n) is 3.50. The topological polar surface area (TPSA) is 75.6 Å². The predicted octanol–water partition coefficient (Wildman–Crippen LogP) is 0.793. The molecule has 0 aromatic rings. The van der Waals surface area contributed by atoms with Crippen LogP contribution < -0.4 is 5.32 Å². The zero-order valence-electron chi connectivity index (χ0n) is 9.19. The monoisotopic (exact) mass is 237 g/mol. The molecule has 0 radical (unpaired) electrons. The molecule has 0 saturated heterocycles. The van der Waals surface area contributed by atoms with E-state index in [9.17, 15) is 8.42 Å². The first kappa shape index (κ1) is 14.6. The maximum absolute atomic E-state index is 10.4. The van der Waals surface area contributed by atoms with E-state index in [1.165, 1.54) is 0 Å². The van der Waals surface area contributed by atoms with E-state index in [2.05, 4.69) is 11.9 Å². The summed E-state index contributed by atoms with van der Waals surface area (Å²) in [6.07, 6.45) is 0.211. The molecule has 0 spiro atoms. The van der Waals surface area contributed by atoms with Gasteiger partial charge in [-0.3, -0.25) is 9.87 Å². The number of ether oxygens (including phenoxy) is 1. The first-order valence-electron chi connectivity index (χ1n) is 4.76. The van der Waals surface area contributed by atoms with E-state index in [4.69, 9.17) is 9.29 Å². The standard InChI is InChI=1S/C9H19NO4S/c1-8(2)7-14-9(3)10-5-4-6-15(11,12)13/h9-10H,1,4-7H2,2-3H3,(H,11,12,13). The highest BCUT2D eigenvalue weighted by molar-refractivity contribution is 7.85. The molecule has 0 saturated carbocycles. The summed E-state index contributed by atoms with van der Waals surface area (Å²) in [7, 11) is -3.84. The van der Waals surface area contributed by atoms with Crippen LogP contribution in [-0.4, -0.2) is 38.1 Å². The molecule has 0 aliphatic carbocycles. The van der Waals surface area contributed by atoms with Crippen LogP contribution in [0.3, 0.4) is 0 Å². The first-order chi connectivity index (χ1) is 6.81. The van der Waals surface area contributed by atoms with Crippen LogP contribution in [0.25, 0.3) is 0 Å². The minimum atomic E-state index is -3.84. The summed E-state index contributed by atoms with van der Waals surface area (Å²) in [5, 5.41) is 2.97. The fourth-order valence-corrected chi connectivity index (χ4v) is 1.40. The maximum atomic E-state index is 10.4. The Bertz CT molecular complexity index is 286. The molecule has 0 aromatic heterocycles. The molecule has 0 aliphatic rings. The summed E-state index contributed by atoms with van der Waals surface area (Å²) in [5.41, 5.74) is 0.932. The summed E-state index contributed by atoms with van der Waals surface area (Å²) in [6, 6.07) is 0. The highest BCUT2D eigenvalue weighted by Gasteiger charge is 2.05. The van der Waals surface area contributed by atoms with Crippen LogP contribution in [0.2, 0.25) is 0 Å². The van der Waals surface area contributed by atoms with Crippen LogP contribution >= 0.6 is 0 Å². The van der Waals surface area contributed by atoms with Gasteiger partial charge in [0.05, 0.1) is 12.4 Å². The minimum Gasteiger partial charge on any atom is -0.359 e. The molecule has 5 nitrogen and oxygen atoms in total. The normalized spacial score (nSPS) is 13.8. The average Bonchev–Trinajstić information content (AvgIpc) is 2.07. The van der Waals surface area contributed by atoms with E-state index in [-0.39, 0.29) is 12.0 Å². The van der Waals surface area contributed by atoms with E-state index in [1.807, 2.05) is 13.8 Å². The van der Waals surface area contributed by atoms with Crippen molar-refractivity contribution in [3.63, 3.8) is 0 Å². The van der Waals surface area contributed by atoms with Crippen molar-refractivity contribution >= 4 is 10.1 Å². The number of rotatable bonds is 8. The van der Waals surface area contributed by atoms with E-state index >= 15 is 0 Å². The van der Waals surface area contributed by atoms with Gasteiger partial charge in [0.1, 0.15) is 6.23 Å². The Morgan fingerprint density at radius 1 is 1.60 bits per heavy atom. The van der Waals surface area contributed by atoms with Crippen LogP contribution in [0.4, 0.5) is 0 Å². The van der Waals surface area contributed by atoms with Crippen LogP contribution in [0, 0.1) is 0 Å². The van der Waals surface area contributed by atoms with E-state index in [0.29, 0.717) is 19.6 Å². The van der Waals surface area contributed by atoms with Crippen LogP contribution in [0.15, 0.2) is 12.2 Å². The Hall–Kier alpha value is -0.430. The van der Waals surface area contributed by atoms with Crippen molar-refractivity contribution in [3.8, 4) is 0 Å². The van der Waals surface area contributed by atoms with E-state index < -0.39 is 10.1 Å². The molecule has 0 amide bonds. The van der Waals surface area contributed by atoms with Gasteiger partial charge in [-0.1, -0.05) is 12.2 Å². The van der Waals surface area contributed by atoms with Crippen LogP contribution in [0.5, 0.6) is 0 Å². The van der Waals surface area contributed by atoms with Crippen molar-refractivity contribution in [1.29, 1.82) is 0 Å². The number of nitrogens with one attached hydrogen (secondary N) is 1. The van der Waals surface area contributed by atoms with Gasteiger partial charge in [-0.25, -0.2) is 0 Å². The molecular weight excluding hydrogens is 218 g/mol. The second kappa shape index (κ2) is 6.95. The van der Waals surface area contributed by atoms with Crippen molar-refractivity contribution in [2.24, 2.45) is 0 Å². The quantitative estimate of drug-likeness (QED) is 0.282. The molecule has 2 N–H and O–H groups in total. The third-order valence-electron chi connectivity index (χ3n) is 1.59. The zero-order valence-corrected chi connectivity index (χ0v) is 10.0. The molecule has 90 valence electrons. The zero-order chi connectivity index (χ0) is 11.9. The highest BCUT2D eigenvalue weighted by atomic mass is 32.2. The Morgan fingerprint density at radius 3 is 2.67 bits per heavy atom. The Balaban J connectivity index is 3.47. The molecule has 0 aliphatic heterocycles. The molecule has 0 aromatic carbocycles. The van der Waals surface area contributed by atoms with Crippen molar-refractivity contribution in [2.45, 2.75) is 26.5 Å². The number of hydrogen-bond acceptors (Lipinski definition) is 4. The second-order valence-corrected chi connectivity index (χ2v) is 5.08. The molecule has 0 heterocycles. The molecule has 0 fully saturated rings. The summed E-state index contributed by atoms with van der Waals surface area (Å²) in [5.74, 6) is -0.229. The van der Waals surface area contributed by atoms with Gasteiger partial charge in [-0.15, -0.1) is 0 Å². The predicted molar refractivity (Wildman–Crippen MR) is 59.3 cm³/mol. The van der Waals surface area contributed by atoms with E-state index in [1.54, 1.807) is 0 Å². The largest absolute Gasteiger partial charge is 0.359 e. The lowest BCUT2D eigenvalue weighted by atomic mass is 10.4. The molecule has 6 heteroatoms. The van der Waals surface area contributed by atoms with E-state index in [0.717, 1.165) is 5.57 Å². The molecule has 1 atom stereocenters. The molecule has 15 heavy (non-hydrogen) atoms. The van der Waals surface area contributed by atoms with Crippen LogP contribution in [0.1, 0.15) is 20.3 Å². The Morgan fingerprint density at radius 2 is 2.20 bits per heavy atom. The van der Waals surface area contributed by atoms with Gasteiger partial charge in [0.2, 0.25) is 0 Å². The molecule has 0 rings (SSSR count). The SMILES string of the molecule is C=C(C)COC(C)NCCCS(=O)(=O)O. The smallest absolute Gasteiger partial charge is 0.264 e. The lowest BCUT2D eigenvalue weighted by molar-refractivity contribution is 0.0588. The third kappa shape index (κ3) is 11.5. The third-order valence-corrected chi connectivity index (χ3v) is 2.40. The fraction of sp³-hybridized carbons (Fsp3) is 0.778. The van der Waals surface area contributed by atoms with Crippen molar-refractivity contribution < 1.29 is 17.7 Å². The van der Waals surface area contributed by atoms with Gasteiger partial charge in [0.25, 0.3) is 10.1 Å². The Kier molecular flexibility index (Phi) is 6.75. The first-order valence-corrected chi connectivity index (χ1v) is 6.36. The molecular formula is C9H19NO4S. The molecule has 0 bridgehead atoms. The molecule has 1 unspecified atom stereocenters. The van der Waals surface area contributed by atoms with Crippen molar-refractivity contribution in [1.82, 2.24) is 5.32 Å². The lowest BCUT2D eigenvalue weighted by Gasteiger charge is -2.14. The van der Waals surface area contributed by atoms with Gasteiger partial charge in [0, 0.05) is 0 Å². The summed E-state index contributed by atoms with van der Waals surface area (Å²) in [4.78, 5) is 0. The average molecular weight is 237 g/mol. The highest BCUT2D eigenvalue weighted by Crippen LogP contribution is 1.93. The minimum absolute atomic E-state index is 0.150. The van der Waals surface area contributed by atoms with Gasteiger partial charge in [-0.2, -0.15) is 8.42 Å². The van der Waals surface area contributed by atoms with Gasteiger partial charge >= 0.3 is 0 Å². The van der Waals surface area contributed by atoms with Crippen molar-refractivity contribution in [3.05, 3.63) is 12.2 Å². The van der Waals surface area contributed by atoms with Crippen LogP contribution in [-0.2, 0) is 14.9 Å². The van der Waals surface area contributed by atoms with Gasteiger partial charge < -0.3 is 4.74 Å². The fourth-order valence-electron chi connectivity index (χ4n) is 0.886. The Labute approximate surface area is 91.3 Å². The lowest BCUT2D eigenvalue weighted by Crippen LogP contribution is -2.31. The van der Waals surface area contributed by atoms with Gasteiger partial charge in [-0.05, 0) is 26.8 Å². The summed E-state index contributed by atoms with van der Waals surface area (Å²) >= 11 is 0. The summed E-state index contributed by atoms with van der Waals surface area (Å²) in [6.45, 7) is 8.35. The summed E-state index contributed by atoms with van der Waals surface area (Å²) < 4.78 is 34.5. The maximum Gasteiger partial charge on any atom is 0.264 e.